The van der Waals surface area contributed by atoms with E-state index in [1.165, 1.54) is 41.3 Å². The van der Waals surface area contributed by atoms with E-state index in [0.29, 0.717) is 6.54 Å². The fourth-order valence-corrected chi connectivity index (χ4v) is 2.53. The minimum atomic E-state index is -3.74. The van der Waals surface area contributed by atoms with Gasteiger partial charge in [0.05, 0.1) is 11.1 Å². The van der Waals surface area contributed by atoms with Gasteiger partial charge in [0.15, 0.2) is 0 Å². The van der Waals surface area contributed by atoms with E-state index in [1.807, 2.05) is 6.92 Å². The molecular formula is C11H12N4O4S. The highest BCUT2D eigenvalue weighted by Crippen LogP contribution is 2.19. The fourth-order valence-electron chi connectivity index (χ4n) is 1.52. The van der Waals surface area contributed by atoms with Crippen LogP contribution in [0, 0.1) is 10.1 Å². The molecule has 2 rings (SSSR count). The number of nitro groups is 1. The van der Waals surface area contributed by atoms with Gasteiger partial charge in [0.1, 0.15) is 4.90 Å². The number of nitrogens with zero attached hydrogens (tertiary/aromatic N) is 3. The van der Waals surface area contributed by atoms with Crippen LogP contribution in [0.25, 0.3) is 0 Å². The van der Waals surface area contributed by atoms with Crippen molar-refractivity contribution in [2.45, 2.75) is 18.4 Å². The van der Waals surface area contributed by atoms with Gasteiger partial charge in [-0.25, -0.2) is 8.42 Å². The highest BCUT2D eigenvalue weighted by molar-refractivity contribution is 7.92. The van der Waals surface area contributed by atoms with Crippen LogP contribution < -0.4 is 4.72 Å². The third kappa shape index (κ3) is 2.94. The summed E-state index contributed by atoms with van der Waals surface area (Å²) in [7, 11) is -3.74. The van der Waals surface area contributed by atoms with Crippen LogP contribution in [0.3, 0.4) is 0 Å². The molecule has 0 amide bonds. The van der Waals surface area contributed by atoms with Crippen LogP contribution in [-0.2, 0) is 16.6 Å². The maximum Gasteiger partial charge on any atom is 0.269 e. The van der Waals surface area contributed by atoms with E-state index < -0.39 is 14.9 Å². The predicted molar refractivity (Wildman–Crippen MR) is 71.8 cm³/mol. The topological polar surface area (TPSA) is 107 Å². The van der Waals surface area contributed by atoms with E-state index in [2.05, 4.69) is 9.82 Å². The van der Waals surface area contributed by atoms with Gasteiger partial charge in [-0.05, 0) is 19.1 Å². The number of nitro benzene ring substituents is 1. The predicted octanol–water partition coefficient (Wildman–Crippen LogP) is 1.61. The summed E-state index contributed by atoms with van der Waals surface area (Å²) < 4.78 is 27.9. The average Bonchev–Trinajstić information content (AvgIpc) is 2.88. The van der Waals surface area contributed by atoms with Gasteiger partial charge < -0.3 is 0 Å². The summed E-state index contributed by atoms with van der Waals surface area (Å²) in [5.41, 5.74) is 0.145. The van der Waals surface area contributed by atoms with Gasteiger partial charge in [-0.15, -0.1) is 0 Å². The molecule has 1 aromatic carbocycles. The van der Waals surface area contributed by atoms with Crippen LogP contribution in [0.2, 0.25) is 0 Å². The van der Waals surface area contributed by atoms with Gasteiger partial charge in [0.2, 0.25) is 0 Å². The smallest absolute Gasteiger partial charge is 0.269 e. The van der Waals surface area contributed by atoms with Crippen LogP contribution in [0.1, 0.15) is 6.92 Å². The molecule has 8 nitrogen and oxygen atoms in total. The number of rotatable bonds is 5. The lowest BCUT2D eigenvalue weighted by molar-refractivity contribution is -0.384. The zero-order valence-electron chi connectivity index (χ0n) is 10.6. The SMILES string of the molecule is CCn1cc(S(=O)(=O)Nc2ccc([N+](=O)[O-])cc2)cn1. The van der Waals surface area contributed by atoms with Crippen molar-refractivity contribution >= 4 is 21.4 Å². The molecule has 0 unspecified atom stereocenters. The van der Waals surface area contributed by atoms with Crippen molar-refractivity contribution in [3.8, 4) is 0 Å². The zero-order valence-corrected chi connectivity index (χ0v) is 11.4. The van der Waals surface area contributed by atoms with Gasteiger partial charge in [0.25, 0.3) is 15.7 Å². The second-order valence-corrected chi connectivity index (χ2v) is 5.62. The van der Waals surface area contributed by atoms with Crippen LogP contribution >= 0.6 is 0 Å². The third-order valence-electron chi connectivity index (χ3n) is 2.57. The summed E-state index contributed by atoms with van der Waals surface area (Å²) in [6.45, 7) is 2.40. The Morgan fingerprint density at radius 1 is 1.35 bits per heavy atom. The molecule has 0 saturated heterocycles. The molecule has 1 heterocycles. The zero-order chi connectivity index (χ0) is 14.8. The Bertz CT molecular complexity index is 721. The number of nitrogens with one attached hydrogen (secondary N) is 1. The van der Waals surface area contributed by atoms with E-state index >= 15 is 0 Å². The molecule has 20 heavy (non-hydrogen) atoms. The van der Waals surface area contributed by atoms with E-state index in [1.54, 1.807) is 0 Å². The van der Waals surface area contributed by atoms with Crippen LogP contribution in [-0.4, -0.2) is 23.1 Å². The number of aromatic nitrogens is 2. The molecule has 2 aromatic rings. The van der Waals surface area contributed by atoms with E-state index in [-0.39, 0.29) is 16.3 Å². The summed E-state index contributed by atoms with van der Waals surface area (Å²) in [6, 6.07) is 5.13. The van der Waals surface area contributed by atoms with Crippen molar-refractivity contribution in [1.29, 1.82) is 0 Å². The Labute approximate surface area is 115 Å². The van der Waals surface area contributed by atoms with Crippen molar-refractivity contribution < 1.29 is 13.3 Å². The van der Waals surface area contributed by atoms with Crippen molar-refractivity contribution in [2.24, 2.45) is 0 Å². The number of non-ortho nitro benzene ring substituents is 1. The average molecular weight is 296 g/mol. The Morgan fingerprint density at radius 2 is 2.00 bits per heavy atom. The normalized spacial score (nSPS) is 11.2. The number of anilines is 1. The van der Waals surface area contributed by atoms with E-state index in [0.717, 1.165) is 0 Å². The van der Waals surface area contributed by atoms with Crippen molar-refractivity contribution in [3.05, 3.63) is 46.8 Å². The Morgan fingerprint density at radius 3 is 2.50 bits per heavy atom. The number of hydrogen-bond acceptors (Lipinski definition) is 5. The Hall–Kier alpha value is -2.42. The summed E-state index contributed by atoms with van der Waals surface area (Å²) in [5, 5.41) is 14.4. The summed E-state index contributed by atoms with van der Waals surface area (Å²) in [4.78, 5) is 10.00. The van der Waals surface area contributed by atoms with Crippen LogP contribution in [0.4, 0.5) is 11.4 Å². The molecule has 0 atom stereocenters. The van der Waals surface area contributed by atoms with Crippen molar-refractivity contribution in [1.82, 2.24) is 9.78 Å². The lowest BCUT2D eigenvalue weighted by Crippen LogP contribution is -2.12. The van der Waals surface area contributed by atoms with E-state index in [4.69, 9.17) is 0 Å². The number of hydrogen-bond donors (Lipinski definition) is 1. The molecule has 0 saturated carbocycles. The Balaban J connectivity index is 2.21. The highest BCUT2D eigenvalue weighted by atomic mass is 32.2. The first-order chi connectivity index (χ1) is 9.42. The fraction of sp³-hybridized carbons (Fsp3) is 0.182. The van der Waals surface area contributed by atoms with Crippen LogP contribution in [0.5, 0.6) is 0 Å². The van der Waals surface area contributed by atoms with Gasteiger partial charge in [-0.1, -0.05) is 0 Å². The monoisotopic (exact) mass is 296 g/mol. The second kappa shape index (κ2) is 5.29. The lowest BCUT2D eigenvalue weighted by atomic mass is 10.3. The molecule has 0 aliphatic heterocycles. The lowest BCUT2D eigenvalue weighted by Gasteiger charge is -2.05. The quantitative estimate of drug-likeness (QED) is 0.666. The number of aryl methyl sites for hydroxylation is 1. The molecule has 0 radical (unpaired) electrons. The molecule has 0 bridgehead atoms. The highest BCUT2D eigenvalue weighted by Gasteiger charge is 2.17. The first-order valence-corrected chi connectivity index (χ1v) is 7.20. The number of sulfonamides is 1. The summed E-state index contributed by atoms with van der Waals surface area (Å²) in [6.07, 6.45) is 2.66. The molecular weight excluding hydrogens is 284 g/mol. The maximum absolute atomic E-state index is 12.1. The van der Waals surface area contributed by atoms with Gasteiger partial charge in [0, 0.05) is 30.6 Å². The third-order valence-corrected chi connectivity index (χ3v) is 3.91. The molecule has 1 aromatic heterocycles. The summed E-state index contributed by atoms with van der Waals surface area (Å²) in [5.74, 6) is 0. The molecule has 0 spiro atoms. The molecule has 1 N–H and O–H groups in total. The largest absolute Gasteiger partial charge is 0.280 e. The molecule has 0 fully saturated rings. The van der Waals surface area contributed by atoms with Gasteiger partial charge >= 0.3 is 0 Å². The van der Waals surface area contributed by atoms with Crippen molar-refractivity contribution in [3.63, 3.8) is 0 Å². The van der Waals surface area contributed by atoms with E-state index in [9.17, 15) is 18.5 Å². The van der Waals surface area contributed by atoms with Gasteiger partial charge in [-0.2, -0.15) is 5.10 Å². The first kappa shape index (κ1) is 14.0. The minimum absolute atomic E-state index is 0.0395. The summed E-state index contributed by atoms with van der Waals surface area (Å²) >= 11 is 0. The first-order valence-electron chi connectivity index (χ1n) is 5.72. The molecule has 0 aliphatic carbocycles. The molecule has 106 valence electrons. The molecule has 9 heteroatoms. The minimum Gasteiger partial charge on any atom is -0.280 e. The van der Waals surface area contributed by atoms with Crippen molar-refractivity contribution in [2.75, 3.05) is 4.72 Å². The number of benzene rings is 1. The Kier molecular flexibility index (Phi) is 3.70. The van der Waals surface area contributed by atoms with Gasteiger partial charge in [-0.3, -0.25) is 19.5 Å². The second-order valence-electron chi connectivity index (χ2n) is 3.94. The molecule has 0 aliphatic rings. The van der Waals surface area contributed by atoms with Crippen LogP contribution in [0.15, 0.2) is 41.6 Å². The standard InChI is InChI=1S/C11H12N4O4S/c1-2-14-8-11(7-12-14)20(18,19)13-9-3-5-10(6-4-9)15(16)17/h3-8,13H,2H2,1H3. The maximum atomic E-state index is 12.1.